The molecule has 4 heteroatoms. The number of rotatable bonds is 1. The molecular weight excluding hydrogens is 182 g/mol. The fraction of sp³-hybridized carbons (Fsp3) is 0.556. The van der Waals surface area contributed by atoms with Crippen LogP contribution in [0.2, 0.25) is 0 Å². The average Bonchev–Trinajstić information content (AvgIpc) is 2.17. The van der Waals surface area contributed by atoms with Crippen molar-refractivity contribution < 1.29 is 0 Å². The highest BCUT2D eigenvalue weighted by atomic mass is 32.2. The van der Waals surface area contributed by atoms with Gasteiger partial charge in [-0.3, -0.25) is 0 Å². The Morgan fingerprint density at radius 3 is 3.15 bits per heavy atom. The monoisotopic (exact) mass is 195 g/mol. The standard InChI is InChI=1S/C9H13N3S/c1-6(10)9-7-2-3-13-4-8(7)11-5-12-9/h5-6H,2-4,10H2,1H3/t6-/m0/s1. The van der Waals surface area contributed by atoms with Crippen molar-refractivity contribution in [2.75, 3.05) is 5.75 Å². The van der Waals surface area contributed by atoms with Gasteiger partial charge in [0, 0.05) is 11.8 Å². The van der Waals surface area contributed by atoms with Crippen LogP contribution >= 0.6 is 11.8 Å². The summed E-state index contributed by atoms with van der Waals surface area (Å²) in [5.41, 5.74) is 9.34. The predicted molar refractivity (Wildman–Crippen MR) is 54.5 cm³/mol. The Kier molecular flexibility index (Phi) is 2.51. The van der Waals surface area contributed by atoms with Crippen LogP contribution in [0.15, 0.2) is 6.33 Å². The van der Waals surface area contributed by atoms with Crippen molar-refractivity contribution in [3.63, 3.8) is 0 Å². The van der Waals surface area contributed by atoms with Crippen molar-refractivity contribution in [2.45, 2.75) is 25.1 Å². The number of thioether (sulfide) groups is 1. The van der Waals surface area contributed by atoms with Crippen LogP contribution in [-0.2, 0) is 12.2 Å². The molecule has 1 aliphatic rings. The highest BCUT2D eigenvalue weighted by Crippen LogP contribution is 2.26. The molecule has 0 amide bonds. The van der Waals surface area contributed by atoms with Crippen molar-refractivity contribution in [1.82, 2.24) is 9.97 Å². The predicted octanol–water partition coefficient (Wildman–Crippen LogP) is 1.29. The summed E-state index contributed by atoms with van der Waals surface area (Å²) < 4.78 is 0. The van der Waals surface area contributed by atoms with E-state index in [-0.39, 0.29) is 6.04 Å². The molecule has 0 saturated heterocycles. The van der Waals surface area contributed by atoms with Gasteiger partial charge in [0.2, 0.25) is 0 Å². The minimum absolute atomic E-state index is 0.0276. The summed E-state index contributed by atoms with van der Waals surface area (Å²) in [6.45, 7) is 1.98. The average molecular weight is 195 g/mol. The number of fused-ring (bicyclic) bond motifs is 1. The molecule has 0 aromatic carbocycles. The van der Waals surface area contributed by atoms with Crippen LogP contribution in [0, 0.1) is 0 Å². The fourth-order valence-corrected chi connectivity index (χ4v) is 2.53. The van der Waals surface area contributed by atoms with Crippen molar-refractivity contribution in [2.24, 2.45) is 5.73 Å². The highest BCUT2D eigenvalue weighted by molar-refractivity contribution is 7.98. The third-order valence-electron chi connectivity index (χ3n) is 2.23. The third kappa shape index (κ3) is 1.69. The first-order chi connectivity index (χ1) is 6.29. The van der Waals surface area contributed by atoms with Crippen molar-refractivity contribution in [3.05, 3.63) is 23.3 Å². The molecule has 0 spiro atoms. The highest BCUT2D eigenvalue weighted by Gasteiger charge is 2.17. The summed E-state index contributed by atoms with van der Waals surface area (Å²) in [7, 11) is 0. The minimum atomic E-state index is 0.0276. The molecule has 70 valence electrons. The SMILES string of the molecule is C[C@H](N)c1ncnc2c1CCSC2. The smallest absolute Gasteiger partial charge is 0.116 e. The number of hydrogen-bond donors (Lipinski definition) is 1. The van der Waals surface area contributed by atoms with Crippen LogP contribution in [0.25, 0.3) is 0 Å². The molecular formula is C9H13N3S. The largest absolute Gasteiger partial charge is 0.323 e. The maximum absolute atomic E-state index is 5.84. The fourth-order valence-electron chi connectivity index (χ4n) is 1.60. The molecule has 13 heavy (non-hydrogen) atoms. The summed E-state index contributed by atoms with van der Waals surface area (Å²) in [5, 5.41) is 0. The van der Waals surface area contributed by atoms with Crippen LogP contribution in [0.4, 0.5) is 0 Å². The third-order valence-corrected chi connectivity index (χ3v) is 3.20. The molecule has 2 rings (SSSR count). The van der Waals surface area contributed by atoms with E-state index in [0.29, 0.717) is 0 Å². The van der Waals surface area contributed by atoms with Crippen LogP contribution in [0.3, 0.4) is 0 Å². The van der Waals surface area contributed by atoms with Gasteiger partial charge in [-0.1, -0.05) is 0 Å². The van der Waals surface area contributed by atoms with Gasteiger partial charge in [-0.25, -0.2) is 9.97 Å². The van der Waals surface area contributed by atoms with Gasteiger partial charge >= 0.3 is 0 Å². The molecule has 0 radical (unpaired) electrons. The Labute approximate surface area is 82.2 Å². The lowest BCUT2D eigenvalue weighted by Crippen LogP contribution is -2.16. The van der Waals surface area contributed by atoms with Crippen LogP contribution in [0.5, 0.6) is 0 Å². The molecule has 1 aliphatic heterocycles. The van der Waals surface area contributed by atoms with Crippen molar-refractivity contribution in [1.29, 1.82) is 0 Å². The zero-order valence-corrected chi connectivity index (χ0v) is 8.47. The molecule has 0 saturated carbocycles. The van der Waals surface area contributed by atoms with E-state index in [1.54, 1.807) is 6.33 Å². The second kappa shape index (κ2) is 3.64. The normalized spacial score (nSPS) is 18.0. The van der Waals surface area contributed by atoms with Gasteiger partial charge < -0.3 is 5.73 Å². The maximum Gasteiger partial charge on any atom is 0.116 e. The summed E-state index contributed by atoms with van der Waals surface area (Å²) in [6, 6.07) is 0.0276. The van der Waals surface area contributed by atoms with Crippen LogP contribution in [-0.4, -0.2) is 15.7 Å². The van der Waals surface area contributed by atoms with E-state index in [2.05, 4.69) is 9.97 Å². The molecule has 1 aromatic heterocycles. The summed E-state index contributed by atoms with van der Waals surface area (Å²) in [6.07, 6.45) is 2.70. The first-order valence-corrected chi connectivity index (χ1v) is 5.60. The van der Waals surface area contributed by atoms with Gasteiger partial charge in [-0.15, -0.1) is 0 Å². The Balaban J connectivity index is 2.46. The Morgan fingerprint density at radius 2 is 2.38 bits per heavy atom. The molecule has 0 aliphatic carbocycles. The summed E-state index contributed by atoms with van der Waals surface area (Å²) in [5.74, 6) is 2.18. The van der Waals surface area contributed by atoms with Gasteiger partial charge in [0.05, 0.1) is 11.4 Å². The Morgan fingerprint density at radius 1 is 1.54 bits per heavy atom. The molecule has 1 atom stereocenters. The summed E-state index contributed by atoms with van der Waals surface area (Å²) >= 11 is 1.93. The van der Waals surface area contributed by atoms with Crippen LogP contribution < -0.4 is 5.73 Å². The second-order valence-corrected chi connectivity index (χ2v) is 4.38. The van der Waals surface area contributed by atoms with E-state index in [4.69, 9.17) is 5.73 Å². The Hall–Kier alpha value is -0.610. The maximum atomic E-state index is 5.84. The summed E-state index contributed by atoms with van der Waals surface area (Å²) in [4.78, 5) is 8.52. The van der Waals surface area contributed by atoms with Gasteiger partial charge in [-0.05, 0) is 24.7 Å². The Bertz CT molecular complexity index is 312. The van der Waals surface area contributed by atoms with E-state index in [1.807, 2.05) is 18.7 Å². The van der Waals surface area contributed by atoms with Crippen molar-refractivity contribution >= 4 is 11.8 Å². The minimum Gasteiger partial charge on any atom is -0.323 e. The zero-order valence-electron chi connectivity index (χ0n) is 7.66. The van der Waals surface area contributed by atoms with Crippen LogP contribution in [0.1, 0.15) is 29.9 Å². The molecule has 0 bridgehead atoms. The van der Waals surface area contributed by atoms with Gasteiger partial charge in [-0.2, -0.15) is 11.8 Å². The molecule has 0 unspecified atom stereocenters. The van der Waals surface area contributed by atoms with E-state index in [0.717, 1.165) is 17.9 Å². The van der Waals surface area contributed by atoms with Gasteiger partial charge in [0.1, 0.15) is 6.33 Å². The van der Waals surface area contributed by atoms with Gasteiger partial charge in [0.25, 0.3) is 0 Å². The molecule has 2 N–H and O–H groups in total. The number of nitrogens with two attached hydrogens (primary N) is 1. The molecule has 0 fully saturated rings. The van der Waals surface area contributed by atoms with Crippen molar-refractivity contribution in [3.8, 4) is 0 Å². The lowest BCUT2D eigenvalue weighted by atomic mass is 10.0. The quantitative estimate of drug-likeness (QED) is 0.733. The number of hydrogen-bond acceptors (Lipinski definition) is 4. The lowest BCUT2D eigenvalue weighted by Gasteiger charge is -2.18. The molecule has 2 heterocycles. The topological polar surface area (TPSA) is 51.8 Å². The van der Waals surface area contributed by atoms with E-state index >= 15 is 0 Å². The number of nitrogens with zero attached hydrogens (tertiary/aromatic N) is 2. The van der Waals surface area contributed by atoms with Gasteiger partial charge in [0.15, 0.2) is 0 Å². The molecule has 3 nitrogen and oxygen atoms in total. The van der Waals surface area contributed by atoms with E-state index < -0.39 is 0 Å². The van der Waals surface area contributed by atoms with E-state index in [1.165, 1.54) is 17.0 Å². The molecule has 1 aromatic rings. The van der Waals surface area contributed by atoms with E-state index in [9.17, 15) is 0 Å². The zero-order chi connectivity index (χ0) is 9.26. The lowest BCUT2D eigenvalue weighted by molar-refractivity contribution is 0.745. The number of aromatic nitrogens is 2. The second-order valence-electron chi connectivity index (χ2n) is 3.28. The first kappa shape index (κ1) is 8.97. The first-order valence-electron chi connectivity index (χ1n) is 4.45.